The molecule has 200 valence electrons. The van der Waals surface area contributed by atoms with Crippen LogP contribution in [0.4, 0.5) is 0 Å². The van der Waals surface area contributed by atoms with Gasteiger partial charge in [0, 0.05) is 51.8 Å². The van der Waals surface area contributed by atoms with E-state index < -0.39 is 11.6 Å². The van der Waals surface area contributed by atoms with Gasteiger partial charge in [0.25, 0.3) is 5.91 Å². The summed E-state index contributed by atoms with van der Waals surface area (Å²) in [6, 6.07) is -0.660. The lowest BCUT2D eigenvalue weighted by molar-refractivity contribution is -0.156. The number of esters is 1. The topological polar surface area (TPSA) is 99.3 Å². The molecule has 2 amide bonds. The van der Waals surface area contributed by atoms with Gasteiger partial charge >= 0.3 is 5.97 Å². The van der Waals surface area contributed by atoms with Gasteiger partial charge in [-0.05, 0) is 57.7 Å². The van der Waals surface area contributed by atoms with Crippen molar-refractivity contribution in [2.75, 3.05) is 52.9 Å². The average Bonchev–Trinajstić information content (AvgIpc) is 3.11. The summed E-state index contributed by atoms with van der Waals surface area (Å²) in [5.74, 6) is -0.621. The first kappa shape index (κ1) is 29.5. The van der Waals surface area contributed by atoms with Crippen molar-refractivity contribution in [3.8, 4) is 0 Å². The molecule has 2 fully saturated rings. The van der Waals surface area contributed by atoms with Crippen LogP contribution in [0, 0.1) is 0 Å². The predicted octanol–water partition coefficient (Wildman–Crippen LogP) is 1.70. The maximum absolute atomic E-state index is 12.8. The number of allylic oxidation sites excluding steroid dienone is 2. The quantitative estimate of drug-likeness (QED) is 0.246. The number of likely N-dealkylation sites (tertiary alicyclic amines) is 1. The number of hydrogen-bond acceptors (Lipinski definition) is 7. The zero-order valence-electron chi connectivity index (χ0n) is 22.3. The molecule has 2 rings (SSSR count). The molecular weight excluding hydrogens is 460 g/mol. The number of rotatable bonds is 12. The van der Waals surface area contributed by atoms with Crippen LogP contribution < -0.4 is 5.32 Å². The molecule has 2 saturated heterocycles. The Morgan fingerprint density at radius 2 is 1.78 bits per heavy atom. The zero-order valence-corrected chi connectivity index (χ0v) is 22.3. The Kier molecular flexibility index (Phi) is 11.0. The van der Waals surface area contributed by atoms with Crippen LogP contribution in [0.15, 0.2) is 36.0 Å². The smallest absolute Gasteiger partial charge is 0.320 e. The fourth-order valence-electron chi connectivity index (χ4n) is 4.50. The van der Waals surface area contributed by atoms with Crippen LogP contribution in [-0.4, -0.2) is 103 Å². The number of hydrogen-bond donors (Lipinski definition) is 1. The minimum Gasteiger partial charge on any atom is -0.459 e. The molecule has 0 spiro atoms. The molecular formula is C27H42N4O5. The number of carbonyl (C=O) groups is 4. The van der Waals surface area contributed by atoms with Gasteiger partial charge in [-0.3, -0.25) is 19.3 Å². The van der Waals surface area contributed by atoms with Gasteiger partial charge in [-0.15, -0.1) is 0 Å². The molecule has 0 aromatic carbocycles. The van der Waals surface area contributed by atoms with Crippen LogP contribution in [0.3, 0.4) is 0 Å². The first-order valence-corrected chi connectivity index (χ1v) is 12.7. The number of piperazine rings is 1. The third-order valence-electron chi connectivity index (χ3n) is 6.51. The van der Waals surface area contributed by atoms with Crippen LogP contribution in [0.1, 0.15) is 46.5 Å². The van der Waals surface area contributed by atoms with E-state index in [-0.39, 0.29) is 30.6 Å². The van der Waals surface area contributed by atoms with E-state index in [0.29, 0.717) is 18.7 Å². The Balaban J connectivity index is 1.86. The number of carbonyl (C=O) groups excluding carboxylic acids is 4. The first-order chi connectivity index (χ1) is 17.0. The van der Waals surface area contributed by atoms with E-state index in [4.69, 9.17) is 4.74 Å². The highest BCUT2D eigenvalue weighted by Gasteiger charge is 2.35. The van der Waals surface area contributed by atoms with E-state index >= 15 is 0 Å². The summed E-state index contributed by atoms with van der Waals surface area (Å²) < 4.78 is 5.41. The highest BCUT2D eigenvalue weighted by molar-refractivity contribution is 6.02. The van der Waals surface area contributed by atoms with Crippen molar-refractivity contribution in [3.63, 3.8) is 0 Å². The van der Waals surface area contributed by atoms with Gasteiger partial charge in [0.05, 0.1) is 12.6 Å². The molecule has 1 unspecified atom stereocenters. The highest BCUT2D eigenvalue weighted by atomic mass is 16.6. The van der Waals surface area contributed by atoms with Crippen molar-refractivity contribution in [2.24, 2.45) is 0 Å². The van der Waals surface area contributed by atoms with E-state index in [1.807, 2.05) is 20.8 Å². The Bertz CT molecular complexity index is 881. The molecule has 0 aliphatic carbocycles. The summed E-state index contributed by atoms with van der Waals surface area (Å²) in [6.45, 7) is 18.4. The molecule has 2 heterocycles. The van der Waals surface area contributed by atoms with Crippen LogP contribution in [0.25, 0.3) is 0 Å². The maximum atomic E-state index is 12.8. The lowest BCUT2D eigenvalue weighted by atomic mass is 9.99. The molecule has 9 heteroatoms. The normalized spacial score (nSPS) is 19.7. The van der Waals surface area contributed by atoms with Crippen LogP contribution in [-0.2, 0) is 23.9 Å². The standard InChI is InChI=1S/C27H42N4O5/c1-7-21(23-17-31(26(35)20(23)2)22(19-32)10-11-24(33)28-6)9-8-12-29-13-15-30(16-14-29)18-25(34)36-27(3,4)5/h7,19,22H,1-2,8-18H2,3-6H3,(H,28,33)/b23-21+. The highest BCUT2D eigenvalue weighted by Crippen LogP contribution is 2.29. The molecule has 0 radical (unpaired) electrons. The summed E-state index contributed by atoms with van der Waals surface area (Å²) in [4.78, 5) is 54.1. The molecule has 36 heavy (non-hydrogen) atoms. The molecule has 2 aliphatic rings. The van der Waals surface area contributed by atoms with E-state index in [1.54, 1.807) is 13.1 Å². The third-order valence-corrected chi connectivity index (χ3v) is 6.51. The van der Waals surface area contributed by atoms with E-state index in [2.05, 4.69) is 28.3 Å². The Labute approximate surface area is 215 Å². The molecule has 9 nitrogen and oxygen atoms in total. The minimum absolute atomic E-state index is 0.166. The second-order valence-corrected chi connectivity index (χ2v) is 10.3. The summed E-state index contributed by atoms with van der Waals surface area (Å²) in [5.41, 5.74) is 1.72. The summed E-state index contributed by atoms with van der Waals surface area (Å²) in [5, 5.41) is 2.53. The van der Waals surface area contributed by atoms with E-state index in [0.717, 1.165) is 63.0 Å². The average molecular weight is 503 g/mol. The Morgan fingerprint density at radius 3 is 2.33 bits per heavy atom. The van der Waals surface area contributed by atoms with Crippen molar-refractivity contribution in [3.05, 3.63) is 36.0 Å². The first-order valence-electron chi connectivity index (χ1n) is 12.7. The number of amides is 2. The van der Waals surface area contributed by atoms with E-state index in [9.17, 15) is 19.2 Å². The lowest BCUT2D eigenvalue weighted by Gasteiger charge is -2.34. The number of nitrogens with one attached hydrogen (secondary N) is 1. The Hall–Kier alpha value is -2.78. The van der Waals surface area contributed by atoms with Gasteiger partial charge in [-0.2, -0.15) is 0 Å². The van der Waals surface area contributed by atoms with Crippen molar-refractivity contribution >= 4 is 24.1 Å². The summed E-state index contributed by atoms with van der Waals surface area (Å²) in [7, 11) is 1.54. The summed E-state index contributed by atoms with van der Waals surface area (Å²) in [6.07, 6.45) is 4.60. The Morgan fingerprint density at radius 1 is 1.14 bits per heavy atom. The second kappa shape index (κ2) is 13.5. The lowest BCUT2D eigenvalue weighted by Crippen LogP contribution is -2.48. The zero-order chi connectivity index (χ0) is 26.9. The van der Waals surface area contributed by atoms with Gasteiger partial charge in [-0.1, -0.05) is 19.2 Å². The van der Waals surface area contributed by atoms with Crippen molar-refractivity contribution < 1.29 is 23.9 Å². The van der Waals surface area contributed by atoms with Crippen LogP contribution in [0.2, 0.25) is 0 Å². The van der Waals surface area contributed by atoms with Crippen LogP contribution in [0.5, 0.6) is 0 Å². The van der Waals surface area contributed by atoms with Crippen molar-refractivity contribution in [2.45, 2.75) is 58.1 Å². The van der Waals surface area contributed by atoms with Gasteiger partial charge < -0.3 is 24.6 Å². The number of nitrogens with zero attached hydrogens (tertiary/aromatic N) is 3. The molecule has 2 aliphatic heterocycles. The molecule has 1 N–H and O–H groups in total. The fourth-order valence-corrected chi connectivity index (χ4v) is 4.50. The van der Waals surface area contributed by atoms with Crippen molar-refractivity contribution in [1.82, 2.24) is 20.0 Å². The second-order valence-electron chi connectivity index (χ2n) is 10.3. The number of ether oxygens (including phenoxy) is 1. The van der Waals surface area contributed by atoms with Crippen LogP contribution >= 0.6 is 0 Å². The molecule has 0 bridgehead atoms. The minimum atomic E-state index is -0.660. The SMILES string of the molecule is C=C/C(CCCN1CCN(CC(=O)OC(C)(C)C)CC1)=C1/CN(C(C=O)CCC(=O)NC)C(=O)C1=C. The summed E-state index contributed by atoms with van der Waals surface area (Å²) >= 11 is 0. The van der Waals surface area contributed by atoms with Crippen molar-refractivity contribution in [1.29, 1.82) is 0 Å². The molecule has 0 aromatic rings. The molecule has 0 saturated carbocycles. The largest absolute Gasteiger partial charge is 0.459 e. The van der Waals surface area contributed by atoms with Gasteiger partial charge in [0.15, 0.2) is 0 Å². The molecule has 1 atom stereocenters. The molecule has 0 aromatic heterocycles. The van der Waals surface area contributed by atoms with Gasteiger partial charge in [-0.25, -0.2) is 0 Å². The number of aldehydes is 1. The maximum Gasteiger partial charge on any atom is 0.320 e. The third kappa shape index (κ3) is 8.71. The monoisotopic (exact) mass is 502 g/mol. The predicted molar refractivity (Wildman–Crippen MR) is 139 cm³/mol. The van der Waals surface area contributed by atoms with Gasteiger partial charge in [0.2, 0.25) is 5.91 Å². The van der Waals surface area contributed by atoms with E-state index in [1.165, 1.54) is 4.90 Å². The van der Waals surface area contributed by atoms with Gasteiger partial charge in [0.1, 0.15) is 11.9 Å². The fraction of sp³-hybridized carbons (Fsp3) is 0.630.